The first-order valence-corrected chi connectivity index (χ1v) is 9.85. The Morgan fingerprint density at radius 3 is 2.93 bits per heavy atom. The number of nitrogens with zero attached hydrogens (tertiary/aromatic N) is 2. The van der Waals surface area contributed by atoms with Crippen LogP contribution in [0, 0.1) is 0 Å². The summed E-state index contributed by atoms with van der Waals surface area (Å²) in [6.45, 7) is 4.18. The molecular formula is C21H30N4O3. The Balaban J connectivity index is 1.76. The van der Waals surface area contributed by atoms with Crippen LogP contribution >= 0.6 is 0 Å². The van der Waals surface area contributed by atoms with Gasteiger partial charge in [0.2, 0.25) is 5.91 Å². The van der Waals surface area contributed by atoms with E-state index < -0.39 is 0 Å². The Hall–Kier alpha value is -2.54. The summed E-state index contributed by atoms with van der Waals surface area (Å²) in [4.78, 5) is 13.7. The number of piperidine rings is 1. The van der Waals surface area contributed by atoms with Gasteiger partial charge in [-0.3, -0.25) is 14.8 Å². The van der Waals surface area contributed by atoms with E-state index in [1.165, 1.54) is 19.3 Å². The molecule has 0 saturated carbocycles. The zero-order chi connectivity index (χ0) is 19.9. The fourth-order valence-corrected chi connectivity index (χ4v) is 3.90. The number of hydrogen-bond donors (Lipinski definition) is 2. The van der Waals surface area contributed by atoms with Crippen LogP contribution in [0.1, 0.15) is 38.2 Å². The number of carbonyl (C=O) groups is 1. The number of likely N-dealkylation sites (tertiary alicyclic amines) is 1. The van der Waals surface area contributed by atoms with Crippen molar-refractivity contribution in [2.45, 2.75) is 45.2 Å². The lowest BCUT2D eigenvalue weighted by Gasteiger charge is -2.35. The zero-order valence-electron chi connectivity index (χ0n) is 17.0. The van der Waals surface area contributed by atoms with Gasteiger partial charge in [-0.2, -0.15) is 5.10 Å². The standard InChI is InChI=1S/C21H30N4O3/c1-15(26)22-10-9-17-6-4-5-11-25(17)14-16-13-23-24-21(16)19-8-7-18(27-2)12-20(19)28-3/h7-8,12-13,17H,4-6,9-11,14H2,1-3H3,(H,22,26)(H,23,24). The van der Waals surface area contributed by atoms with Crippen LogP contribution in [0.25, 0.3) is 11.3 Å². The molecule has 0 aliphatic carbocycles. The number of benzene rings is 1. The summed E-state index contributed by atoms with van der Waals surface area (Å²) in [7, 11) is 3.31. The lowest BCUT2D eigenvalue weighted by Crippen LogP contribution is -2.41. The molecule has 7 heteroatoms. The number of aromatic amines is 1. The van der Waals surface area contributed by atoms with Crippen LogP contribution < -0.4 is 14.8 Å². The maximum Gasteiger partial charge on any atom is 0.216 e. The second-order valence-electron chi connectivity index (χ2n) is 7.23. The third-order valence-corrected chi connectivity index (χ3v) is 5.37. The van der Waals surface area contributed by atoms with Crippen molar-refractivity contribution in [2.75, 3.05) is 27.3 Å². The number of hydrogen-bond acceptors (Lipinski definition) is 5. The van der Waals surface area contributed by atoms with Crippen molar-refractivity contribution in [3.05, 3.63) is 30.0 Å². The molecule has 1 aromatic carbocycles. The molecule has 1 aromatic heterocycles. The SMILES string of the molecule is COc1ccc(-c2[nH]ncc2CN2CCCCC2CCNC(C)=O)c(OC)c1. The predicted octanol–water partition coefficient (Wildman–Crippen LogP) is 2.97. The second-order valence-corrected chi connectivity index (χ2v) is 7.23. The highest BCUT2D eigenvalue weighted by molar-refractivity contribution is 5.72. The van der Waals surface area contributed by atoms with Crippen LogP contribution in [0.2, 0.25) is 0 Å². The molecule has 0 radical (unpaired) electrons. The van der Waals surface area contributed by atoms with E-state index in [0.29, 0.717) is 6.04 Å². The number of methoxy groups -OCH3 is 2. The van der Waals surface area contributed by atoms with Gasteiger partial charge in [-0.1, -0.05) is 6.42 Å². The van der Waals surface area contributed by atoms with Crippen LogP contribution in [-0.4, -0.2) is 54.4 Å². The topological polar surface area (TPSA) is 79.5 Å². The summed E-state index contributed by atoms with van der Waals surface area (Å²) in [5.41, 5.74) is 3.10. The number of H-pyrrole nitrogens is 1. The Bertz CT molecular complexity index is 790. The number of amides is 1. The minimum Gasteiger partial charge on any atom is -0.497 e. The lowest BCUT2D eigenvalue weighted by molar-refractivity contribution is -0.119. The molecule has 0 bridgehead atoms. The van der Waals surface area contributed by atoms with Gasteiger partial charge in [-0.25, -0.2) is 0 Å². The smallest absolute Gasteiger partial charge is 0.216 e. The molecule has 0 spiro atoms. The van der Waals surface area contributed by atoms with Crippen molar-refractivity contribution in [2.24, 2.45) is 0 Å². The lowest BCUT2D eigenvalue weighted by atomic mass is 9.98. The molecule has 152 valence electrons. The molecule has 1 aliphatic heterocycles. The van der Waals surface area contributed by atoms with E-state index >= 15 is 0 Å². The molecule has 1 atom stereocenters. The van der Waals surface area contributed by atoms with E-state index in [9.17, 15) is 4.79 Å². The van der Waals surface area contributed by atoms with Crippen LogP contribution in [0.3, 0.4) is 0 Å². The van der Waals surface area contributed by atoms with Crippen LogP contribution in [0.15, 0.2) is 24.4 Å². The van der Waals surface area contributed by atoms with E-state index in [1.54, 1.807) is 21.1 Å². The third kappa shape index (κ3) is 4.84. The summed E-state index contributed by atoms with van der Waals surface area (Å²) in [6, 6.07) is 6.29. The fourth-order valence-electron chi connectivity index (χ4n) is 3.90. The summed E-state index contributed by atoms with van der Waals surface area (Å²) in [6.07, 6.45) is 6.48. The number of aromatic nitrogens is 2. The van der Waals surface area contributed by atoms with Gasteiger partial charge in [0, 0.05) is 43.2 Å². The predicted molar refractivity (Wildman–Crippen MR) is 108 cm³/mol. The molecule has 1 fully saturated rings. The molecule has 2 aromatic rings. The van der Waals surface area contributed by atoms with E-state index in [2.05, 4.69) is 20.4 Å². The average molecular weight is 386 g/mol. The van der Waals surface area contributed by atoms with E-state index in [4.69, 9.17) is 9.47 Å². The molecule has 3 rings (SSSR count). The molecule has 1 amide bonds. The van der Waals surface area contributed by atoms with E-state index in [1.807, 2.05) is 24.4 Å². The number of rotatable bonds is 8. The Morgan fingerprint density at radius 2 is 2.18 bits per heavy atom. The molecule has 1 aliphatic rings. The first-order valence-electron chi connectivity index (χ1n) is 9.85. The van der Waals surface area contributed by atoms with Crippen LogP contribution in [0.4, 0.5) is 0 Å². The molecule has 2 heterocycles. The van der Waals surface area contributed by atoms with Gasteiger partial charge in [-0.05, 0) is 37.9 Å². The van der Waals surface area contributed by atoms with Crippen molar-refractivity contribution in [3.63, 3.8) is 0 Å². The molecule has 28 heavy (non-hydrogen) atoms. The molecule has 7 nitrogen and oxygen atoms in total. The Labute approximate surface area is 166 Å². The van der Waals surface area contributed by atoms with Crippen molar-refractivity contribution in [3.8, 4) is 22.8 Å². The highest BCUT2D eigenvalue weighted by atomic mass is 16.5. The van der Waals surface area contributed by atoms with Crippen molar-refractivity contribution in [1.29, 1.82) is 0 Å². The highest BCUT2D eigenvalue weighted by Gasteiger charge is 2.24. The van der Waals surface area contributed by atoms with Gasteiger partial charge in [0.1, 0.15) is 11.5 Å². The van der Waals surface area contributed by atoms with Crippen molar-refractivity contribution >= 4 is 5.91 Å². The third-order valence-electron chi connectivity index (χ3n) is 5.37. The van der Waals surface area contributed by atoms with E-state index in [-0.39, 0.29) is 5.91 Å². The molecular weight excluding hydrogens is 356 g/mol. The largest absolute Gasteiger partial charge is 0.497 e. The van der Waals surface area contributed by atoms with Gasteiger partial charge in [0.25, 0.3) is 0 Å². The molecule has 1 unspecified atom stereocenters. The number of carbonyl (C=O) groups excluding carboxylic acids is 1. The van der Waals surface area contributed by atoms with Gasteiger partial charge in [0.05, 0.1) is 26.1 Å². The maximum absolute atomic E-state index is 11.2. The van der Waals surface area contributed by atoms with Gasteiger partial charge < -0.3 is 14.8 Å². The minimum absolute atomic E-state index is 0.0334. The highest BCUT2D eigenvalue weighted by Crippen LogP contribution is 2.35. The second kappa shape index (κ2) is 9.59. The fraction of sp³-hybridized carbons (Fsp3) is 0.524. The van der Waals surface area contributed by atoms with Crippen molar-refractivity contribution in [1.82, 2.24) is 20.4 Å². The summed E-state index contributed by atoms with van der Waals surface area (Å²) in [5, 5.41) is 10.4. The molecule has 2 N–H and O–H groups in total. The summed E-state index contributed by atoms with van der Waals surface area (Å²) >= 11 is 0. The van der Waals surface area contributed by atoms with Gasteiger partial charge in [0.15, 0.2) is 0 Å². The number of nitrogens with one attached hydrogen (secondary N) is 2. The summed E-state index contributed by atoms with van der Waals surface area (Å²) in [5.74, 6) is 1.55. The normalized spacial score (nSPS) is 17.3. The average Bonchev–Trinajstić information content (AvgIpc) is 3.16. The van der Waals surface area contributed by atoms with Gasteiger partial charge >= 0.3 is 0 Å². The van der Waals surface area contributed by atoms with Gasteiger partial charge in [-0.15, -0.1) is 0 Å². The number of ether oxygens (including phenoxy) is 2. The van der Waals surface area contributed by atoms with E-state index in [0.717, 1.165) is 54.4 Å². The Kier molecular flexibility index (Phi) is 6.92. The summed E-state index contributed by atoms with van der Waals surface area (Å²) < 4.78 is 10.9. The quantitative estimate of drug-likeness (QED) is 0.729. The monoisotopic (exact) mass is 386 g/mol. The van der Waals surface area contributed by atoms with Crippen molar-refractivity contribution < 1.29 is 14.3 Å². The first-order chi connectivity index (χ1) is 13.6. The maximum atomic E-state index is 11.2. The van der Waals surface area contributed by atoms with Crippen LogP contribution in [-0.2, 0) is 11.3 Å². The zero-order valence-corrected chi connectivity index (χ0v) is 17.0. The first kappa shape index (κ1) is 20.2. The minimum atomic E-state index is 0.0334. The molecule has 1 saturated heterocycles. The van der Waals surface area contributed by atoms with Crippen LogP contribution in [0.5, 0.6) is 11.5 Å². The Morgan fingerprint density at radius 1 is 1.32 bits per heavy atom.